The van der Waals surface area contributed by atoms with Gasteiger partial charge >= 0.3 is 0 Å². The van der Waals surface area contributed by atoms with Crippen molar-refractivity contribution in [1.29, 1.82) is 0 Å². The molecule has 4 nitrogen and oxygen atoms in total. The van der Waals surface area contributed by atoms with Gasteiger partial charge in [0, 0.05) is 19.1 Å². The van der Waals surface area contributed by atoms with E-state index in [1.807, 2.05) is 6.92 Å². The van der Waals surface area contributed by atoms with E-state index in [0.29, 0.717) is 24.6 Å². The number of hydrogen-bond donors (Lipinski definition) is 1. The minimum absolute atomic E-state index is 0.253. The molecule has 1 unspecified atom stereocenters. The van der Waals surface area contributed by atoms with E-state index in [-0.39, 0.29) is 6.04 Å². The molecule has 1 saturated heterocycles. The van der Waals surface area contributed by atoms with Crippen molar-refractivity contribution in [2.75, 3.05) is 31.1 Å². The first-order valence-electron chi connectivity index (χ1n) is 5.18. The first kappa shape index (κ1) is 11.9. The molecule has 84 valence electrons. The lowest BCUT2D eigenvalue weighted by Crippen LogP contribution is -2.40. The van der Waals surface area contributed by atoms with E-state index in [4.69, 9.17) is 5.73 Å². The van der Waals surface area contributed by atoms with Gasteiger partial charge in [-0.05, 0) is 26.3 Å². The summed E-state index contributed by atoms with van der Waals surface area (Å²) in [4.78, 5) is 2.21. The van der Waals surface area contributed by atoms with Crippen LogP contribution in [0, 0.1) is 0 Å². The minimum Gasteiger partial charge on any atom is -0.328 e. The average molecular weight is 220 g/mol. The van der Waals surface area contributed by atoms with Crippen LogP contribution >= 0.6 is 0 Å². The van der Waals surface area contributed by atoms with Gasteiger partial charge in [0.15, 0.2) is 9.84 Å². The Labute approximate surface area is 86.4 Å². The zero-order chi connectivity index (χ0) is 10.6. The molecule has 2 N–H and O–H groups in total. The molecular formula is C9H20N2O2S. The Hall–Kier alpha value is -0.130. The molecule has 0 aromatic heterocycles. The van der Waals surface area contributed by atoms with Gasteiger partial charge in [-0.25, -0.2) is 8.42 Å². The SMILES string of the molecule is CC(N)CCCN1CCS(=O)(=O)CC1. The molecule has 1 rings (SSSR count). The van der Waals surface area contributed by atoms with E-state index in [1.54, 1.807) is 0 Å². The van der Waals surface area contributed by atoms with Crippen LogP contribution in [-0.2, 0) is 9.84 Å². The molecule has 0 spiro atoms. The monoisotopic (exact) mass is 220 g/mol. The lowest BCUT2D eigenvalue weighted by Gasteiger charge is -2.26. The summed E-state index contributed by atoms with van der Waals surface area (Å²) in [6.07, 6.45) is 2.08. The van der Waals surface area contributed by atoms with Crippen LogP contribution in [-0.4, -0.2) is 50.5 Å². The van der Waals surface area contributed by atoms with Crippen LogP contribution in [0.25, 0.3) is 0 Å². The Kier molecular flexibility index (Phi) is 4.34. The zero-order valence-electron chi connectivity index (χ0n) is 8.78. The molecule has 0 saturated carbocycles. The smallest absolute Gasteiger partial charge is 0.152 e. The van der Waals surface area contributed by atoms with Gasteiger partial charge in [-0.1, -0.05) is 0 Å². The fourth-order valence-corrected chi connectivity index (χ4v) is 2.89. The fourth-order valence-electron chi connectivity index (χ4n) is 1.61. The molecule has 0 aliphatic carbocycles. The van der Waals surface area contributed by atoms with E-state index >= 15 is 0 Å². The van der Waals surface area contributed by atoms with Crippen molar-refractivity contribution in [2.24, 2.45) is 5.73 Å². The van der Waals surface area contributed by atoms with Crippen molar-refractivity contribution >= 4 is 9.84 Å². The number of nitrogens with two attached hydrogens (primary N) is 1. The van der Waals surface area contributed by atoms with E-state index in [0.717, 1.165) is 19.4 Å². The normalized spacial score (nSPS) is 24.7. The minimum atomic E-state index is -2.72. The van der Waals surface area contributed by atoms with Gasteiger partial charge in [-0.2, -0.15) is 0 Å². The summed E-state index contributed by atoms with van der Waals surface area (Å²) >= 11 is 0. The molecule has 0 aromatic carbocycles. The maximum Gasteiger partial charge on any atom is 0.152 e. The topological polar surface area (TPSA) is 63.4 Å². The van der Waals surface area contributed by atoms with Crippen molar-refractivity contribution in [1.82, 2.24) is 4.90 Å². The largest absolute Gasteiger partial charge is 0.328 e. The Morgan fingerprint density at radius 3 is 2.43 bits per heavy atom. The van der Waals surface area contributed by atoms with Crippen molar-refractivity contribution in [2.45, 2.75) is 25.8 Å². The summed E-state index contributed by atoms with van der Waals surface area (Å²) < 4.78 is 22.3. The van der Waals surface area contributed by atoms with Crippen LogP contribution in [0.5, 0.6) is 0 Å². The van der Waals surface area contributed by atoms with E-state index in [9.17, 15) is 8.42 Å². The molecule has 0 bridgehead atoms. The van der Waals surface area contributed by atoms with Gasteiger partial charge in [0.25, 0.3) is 0 Å². The molecule has 1 aliphatic heterocycles. The zero-order valence-corrected chi connectivity index (χ0v) is 9.59. The second-order valence-electron chi connectivity index (χ2n) is 4.11. The number of nitrogens with zero attached hydrogens (tertiary/aromatic N) is 1. The first-order valence-corrected chi connectivity index (χ1v) is 7.00. The Morgan fingerprint density at radius 1 is 1.36 bits per heavy atom. The maximum atomic E-state index is 11.1. The highest BCUT2D eigenvalue weighted by Crippen LogP contribution is 2.05. The summed E-state index contributed by atoms with van der Waals surface area (Å²) in [5, 5.41) is 0. The highest BCUT2D eigenvalue weighted by atomic mass is 32.2. The standard InChI is InChI=1S/C9H20N2O2S/c1-9(10)3-2-4-11-5-7-14(12,13)8-6-11/h9H,2-8,10H2,1H3. The lowest BCUT2D eigenvalue weighted by molar-refractivity contribution is 0.286. The maximum absolute atomic E-state index is 11.1. The fraction of sp³-hybridized carbons (Fsp3) is 1.00. The molecule has 0 aromatic rings. The van der Waals surface area contributed by atoms with Gasteiger partial charge in [-0.3, -0.25) is 0 Å². The van der Waals surface area contributed by atoms with E-state index in [1.165, 1.54) is 0 Å². The van der Waals surface area contributed by atoms with Gasteiger partial charge in [-0.15, -0.1) is 0 Å². The molecule has 1 heterocycles. The molecule has 5 heteroatoms. The van der Waals surface area contributed by atoms with Gasteiger partial charge in [0.05, 0.1) is 11.5 Å². The summed E-state index contributed by atoms with van der Waals surface area (Å²) in [5.41, 5.74) is 5.64. The Balaban J connectivity index is 2.16. The molecular weight excluding hydrogens is 200 g/mol. The van der Waals surface area contributed by atoms with Crippen LogP contribution in [0.3, 0.4) is 0 Å². The predicted molar refractivity (Wildman–Crippen MR) is 58.0 cm³/mol. The van der Waals surface area contributed by atoms with Crippen molar-refractivity contribution in [3.8, 4) is 0 Å². The lowest BCUT2D eigenvalue weighted by atomic mass is 10.2. The highest BCUT2D eigenvalue weighted by molar-refractivity contribution is 7.91. The molecule has 14 heavy (non-hydrogen) atoms. The van der Waals surface area contributed by atoms with Crippen LogP contribution in [0.4, 0.5) is 0 Å². The van der Waals surface area contributed by atoms with Crippen LogP contribution in [0.2, 0.25) is 0 Å². The summed E-state index contributed by atoms with van der Waals surface area (Å²) in [6.45, 7) is 4.38. The third kappa shape index (κ3) is 4.39. The summed E-state index contributed by atoms with van der Waals surface area (Å²) in [6, 6.07) is 0.253. The molecule has 0 amide bonds. The second kappa shape index (κ2) is 5.09. The Bertz CT molecular complexity index is 248. The quantitative estimate of drug-likeness (QED) is 0.715. The van der Waals surface area contributed by atoms with Crippen LogP contribution < -0.4 is 5.73 Å². The highest BCUT2D eigenvalue weighted by Gasteiger charge is 2.20. The summed E-state index contributed by atoms with van der Waals surface area (Å²) in [7, 11) is -2.72. The Morgan fingerprint density at radius 2 is 1.93 bits per heavy atom. The van der Waals surface area contributed by atoms with E-state index in [2.05, 4.69) is 4.90 Å². The molecule has 1 fully saturated rings. The number of hydrogen-bond acceptors (Lipinski definition) is 4. The predicted octanol–water partition coefficient (Wildman–Crippen LogP) is -0.156. The average Bonchev–Trinajstić information content (AvgIpc) is 2.07. The second-order valence-corrected chi connectivity index (χ2v) is 6.42. The van der Waals surface area contributed by atoms with Crippen molar-refractivity contribution < 1.29 is 8.42 Å². The number of sulfone groups is 1. The summed E-state index contributed by atoms with van der Waals surface area (Å²) in [5.74, 6) is 0.649. The molecule has 1 aliphatic rings. The van der Waals surface area contributed by atoms with Gasteiger partial charge in [0.1, 0.15) is 0 Å². The third-order valence-electron chi connectivity index (χ3n) is 2.57. The van der Waals surface area contributed by atoms with Gasteiger partial charge in [0.2, 0.25) is 0 Å². The third-order valence-corrected chi connectivity index (χ3v) is 4.18. The first-order chi connectivity index (χ1) is 6.49. The van der Waals surface area contributed by atoms with Crippen molar-refractivity contribution in [3.05, 3.63) is 0 Å². The molecule has 0 radical (unpaired) electrons. The molecule has 1 atom stereocenters. The van der Waals surface area contributed by atoms with E-state index < -0.39 is 9.84 Å². The van der Waals surface area contributed by atoms with Crippen LogP contribution in [0.1, 0.15) is 19.8 Å². The van der Waals surface area contributed by atoms with Gasteiger partial charge < -0.3 is 10.6 Å². The van der Waals surface area contributed by atoms with Crippen molar-refractivity contribution in [3.63, 3.8) is 0 Å². The number of rotatable bonds is 4. The van der Waals surface area contributed by atoms with Crippen LogP contribution in [0.15, 0.2) is 0 Å².